The lowest BCUT2D eigenvalue weighted by atomic mass is 10.2. The molecule has 27 heavy (non-hydrogen) atoms. The minimum absolute atomic E-state index is 0.0173. The van der Waals surface area contributed by atoms with Crippen molar-refractivity contribution >= 4 is 25.6 Å². The molecule has 0 bridgehead atoms. The first-order chi connectivity index (χ1) is 12.5. The topological polar surface area (TPSA) is 116 Å². The first-order valence-corrected chi connectivity index (χ1v) is 12.0. The van der Waals surface area contributed by atoms with E-state index < -0.39 is 42.7 Å². The Balaban J connectivity index is 2.21. The lowest BCUT2D eigenvalue weighted by Gasteiger charge is -2.20. The Morgan fingerprint density at radius 2 is 1.85 bits per heavy atom. The SMILES string of the molecule is CCOC(=O)CN[C@H]1CS(=O)(=O)C[C@@H]1S(=O)(=O)c1ccc(OC(C)C)cc1. The Labute approximate surface area is 160 Å². The van der Waals surface area contributed by atoms with Gasteiger partial charge in [0.05, 0.1) is 40.9 Å². The summed E-state index contributed by atoms with van der Waals surface area (Å²) < 4.78 is 60.3. The van der Waals surface area contributed by atoms with Crippen LogP contribution in [0.2, 0.25) is 0 Å². The quantitative estimate of drug-likeness (QED) is 0.608. The van der Waals surface area contributed by atoms with Gasteiger partial charge in [0.1, 0.15) is 5.75 Å². The van der Waals surface area contributed by atoms with E-state index in [1.54, 1.807) is 6.92 Å². The molecule has 1 heterocycles. The van der Waals surface area contributed by atoms with Crippen molar-refractivity contribution in [2.24, 2.45) is 0 Å². The summed E-state index contributed by atoms with van der Waals surface area (Å²) >= 11 is 0. The van der Waals surface area contributed by atoms with Gasteiger partial charge in [-0.05, 0) is 45.0 Å². The largest absolute Gasteiger partial charge is 0.491 e. The third-order valence-corrected chi connectivity index (χ3v) is 8.20. The standard InChI is InChI=1S/C17H25NO7S2/c1-4-24-17(19)9-18-15-10-26(20,21)11-16(15)27(22,23)14-7-5-13(6-8-14)25-12(2)3/h5-8,12,15-16,18H,4,9-11H2,1-3H3/t15-,16-/m0/s1. The minimum atomic E-state index is -3.91. The van der Waals surface area contributed by atoms with E-state index in [1.807, 2.05) is 13.8 Å². The van der Waals surface area contributed by atoms with Crippen molar-refractivity contribution in [3.05, 3.63) is 24.3 Å². The van der Waals surface area contributed by atoms with E-state index in [0.717, 1.165) is 0 Å². The number of sulfone groups is 2. The highest BCUT2D eigenvalue weighted by Crippen LogP contribution is 2.27. The monoisotopic (exact) mass is 419 g/mol. The van der Waals surface area contributed by atoms with Gasteiger partial charge >= 0.3 is 5.97 Å². The van der Waals surface area contributed by atoms with Crippen LogP contribution < -0.4 is 10.1 Å². The maximum atomic E-state index is 13.0. The molecule has 10 heteroatoms. The fraction of sp³-hybridized carbons (Fsp3) is 0.588. The predicted octanol–water partition coefficient (Wildman–Crippen LogP) is 0.566. The third-order valence-electron chi connectivity index (χ3n) is 4.04. The van der Waals surface area contributed by atoms with Crippen LogP contribution in [-0.4, -0.2) is 64.9 Å². The van der Waals surface area contributed by atoms with E-state index in [-0.39, 0.29) is 29.9 Å². The van der Waals surface area contributed by atoms with E-state index in [4.69, 9.17) is 9.47 Å². The van der Waals surface area contributed by atoms with Crippen LogP contribution in [-0.2, 0) is 29.2 Å². The van der Waals surface area contributed by atoms with Crippen LogP contribution >= 0.6 is 0 Å². The number of nitrogens with one attached hydrogen (secondary N) is 1. The third kappa shape index (κ3) is 5.66. The van der Waals surface area contributed by atoms with Crippen molar-refractivity contribution in [1.29, 1.82) is 0 Å². The normalized spacial score (nSPS) is 21.9. The fourth-order valence-electron chi connectivity index (χ4n) is 2.89. The van der Waals surface area contributed by atoms with Gasteiger partial charge in [-0.3, -0.25) is 4.79 Å². The molecule has 2 atom stereocenters. The van der Waals surface area contributed by atoms with Gasteiger partial charge in [-0.1, -0.05) is 0 Å². The highest BCUT2D eigenvalue weighted by Gasteiger charge is 2.45. The minimum Gasteiger partial charge on any atom is -0.491 e. The van der Waals surface area contributed by atoms with Crippen molar-refractivity contribution in [2.75, 3.05) is 24.7 Å². The highest BCUT2D eigenvalue weighted by molar-refractivity contribution is 7.96. The summed E-state index contributed by atoms with van der Waals surface area (Å²) in [7, 11) is -7.45. The Bertz CT molecular complexity index is 861. The zero-order chi connectivity index (χ0) is 20.2. The fourth-order valence-corrected chi connectivity index (χ4v) is 7.61. The predicted molar refractivity (Wildman–Crippen MR) is 100 cm³/mol. The molecule has 1 aromatic carbocycles. The van der Waals surface area contributed by atoms with Gasteiger partial charge in [0.25, 0.3) is 0 Å². The number of benzene rings is 1. The first kappa shape index (κ1) is 21.6. The summed E-state index contributed by atoms with van der Waals surface area (Å²) in [5.74, 6) is -0.863. The molecule has 1 aliphatic heterocycles. The average Bonchev–Trinajstić information content (AvgIpc) is 2.89. The molecular weight excluding hydrogens is 394 g/mol. The van der Waals surface area contributed by atoms with Gasteiger partial charge in [0.2, 0.25) is 0 Å². The molecular formula is C17H25NO7S2. The number of rotatable bonds is 8. The maximum absolute atomic E-state index is 13.0. The summed E-state index contributed by atoms with van der Waals surface area (Å²) in [5.41, 5.74) is 0. The van der Waals surface area contributed by atoms with Gasteiger partial charge in [-0.2, -0.15) is 0 Å². The van der Waals surface area contributed by atoms with Crippen LogP contribution in [0.5, 0.6) is 5.75 Å². The van der Waals surface area contributed by atoms with Crippen LogP contribution in [0, 0.1) is 0 Å². The van der Waals surface area contributed by atoms with Crippen molar-refractivity contribution in [3.8, 4) is 5.75 Å². The number of esters is 1. The molecule has 1 N–H and O–H groups in total. The molecule has 1 aliphatic rings. The Kier molecular flexibility index (Phi) is 6.87. The van der Waals surface area contributed by atoms with Gasteiger partial charge in [0, 0.05) is 6.04 Å². The van der Waals surface area contributed by atoms with Crippen LogP contribution in [0.25, 0.3) is 0 Å². The average molecular weight is 420 g/mol. The summed E-state index contributed by atoms with van der Waals surface area (Å²) in [4.78, 5) is 11.5. The first-order valence-electron chi connectivity index (χ1n) is 8.65. The van der Waals surface area contributed by atoms with E-state index in [0.29, 0.717) is 5.75 Å². The van der Waals surface area contributed by atoms with Gasteiger partial charge in [0.15, 0.2) is 19.7 Å². The molecule has 0 unspecified atom stereocenters. The van der Waals surface area contributed by atoms with Crippen LogP contribution in [0.15, 0.2) is 29.2 Å². The second-order valence-electron chi connectivity index (χ2n) is 6.59. The Morgan fingerprint density at radius 3 is 2.41 bits per heavy atom. The van der Waals surface area contributed by atoms with E-state index in [9.17, 15) is 21.6 Å². The smallest absolute Gasteiger partial charge is 0.319 e. The molecule has 2 rings (SSSR count). The van der Waals surface area contributed by atoms with Gasteiger partial charge in [-0.25, -0.2) is 16.8 Å². The maximum Gasteiger partial charge on any atom is 0.319 e. The number of hydrogen-bond donors (Lipinski definition) is 1. The van der Waals surface area contributed by atoms with Gasteiger partial charge < -0.3 is 14.8 Å². The van der Waals surface area contributed by atoms with Crippen molar-refractivity contribution in [3.63, 3.8) is 0 Å². The number of ether oxygens (including phenoxy) is 2. The molecule has 0 amide bonds. The van der Waals surface area contributed by atoms with E-state index in [1.165, 1.54) is 24.3 Å². The molecule has 0 aliphatic carbocycles. The molecule has 0 saturated carbocycles. The lowest BCUT2D eigenvalue weighted by Crippen LogP contribution is -2.45. The molecule has 0 radical (unpaired) electrons. The van der Waals surface area contributed by atoms with Gasteiger partial charge in [-0.15, -0.1) is 0 Å². The molecule has 1 fully saturated rings. The second-order valence-corrected chi connectivity index (χ2v) is 10.9. The van der Waals surface area contributed by atoms with E-state index >= 15 is 0 Å². The number of carbonyl (C=O) groups is 1. The zero-order valence-corrected chi connectivity index (χ0v) is 17.2. The summed E-state index contributed by atoms with van der Waals surface area (Å²) in [5, 5.41) is 1.56. The zero-order valence-electron chi connectivity index (χ0n) is 15.5. The number of hydrogen-bond acceptors (Lipinski definition) is 8. The molecule has 8 nitrogen and oxygen atoms in total. The second kappa shape index (κ2) is 8.57. The van der Waals surface area contributed by atoms with Crippen LogP contribution in [0.3, 0.4) is 0 Å². The summed E-state index contributed by atoms with van der Waals surface area (Å²) in [6.45, 7) is 5.30. The van der Waals surface area contributed by atoms with E-state index in [2.05, 4.69) is 5.32 Å². The molecule has 1 saturated heterocycles. The lowest BCUT2D eigenvalue weighted by molar-refractivity contribution is -0.142. The Morgan fingerprint density at radius 1 is 1.22 bits per heavy atom. The molecule has 152 valence electrons. The summed E-state index contributed by atoms with van der Waals surface area (Å²) in [6.07, 6.45) is -0.0520. The summed E-state index contributed by atoms with van der Waals surface area (Å²) in [6, 6.07) is 5.01. The van der Waals surface area contributed by atoms with Crippen LogP contribution in [0.1, 0.15) is 20.8 Å². The number of carbonyl (C=O) groups excluding carboxylic acids is 1. The van der Waals surface area contributed by atoms with Crippen LogP contribution in [0.4, 0.5) is 0 Å². The molecule has 1 aromatic rings. The van der Waals surface area contributed by atoms with Crippen molar-refractivity contribution in [2.45, 2.75) is 43.1 Å². The molecule has 0 aromatic heterocycles. The van der Waals surface area contributed by atoms with Crippen molar-refractivity contribution in [1.82, 2.24) is 5.32 Å². The highest BCUT2D eigenvalue weighted by atomic mass is 32.2. The molecule has 0 spiro atoms. The van der Waals surface area contributed by atoms with Crippen molar-refractivity contribution < 1.29 is 31.1 Å². The Hall–Kier alpha value is -1.65.